The van der Waals surface area contributed by atoms with Crippen molar-refractivity contribution in [1.29, 1.82) is 5.26 Å². The van der Waals surface area contributed by atoms with Crippen LogP contribution in [0, 0.1) is 17.2 Å². The minimum Gasteiger partial charge on any atom is -0.397 e. The Morgan fingerprint density at radius 3 is 3.07 bits per heavy atom. The van der Waals surface area contributed by atoms with Crippen molar-refractivity contribution in [3.05, 3.63) is 54.0 Å². The van der Waals surface area contributed by atoms with Gasteiger partial charge in [0.25, 0.3) is 5.91 Å². The Labute approximate surface area is 175 Å². The van der Waals surface area contributed by atoms with E-state index < -0.39 is 0 Å². The molecular weight excluding hydrogens is 378 g/mol. The Morgan fingerprint density at radius 2 is 2.27 bits per heavy atom. The maximum atomic E-state index is 13.0. The number of pyridine rings is 1. The minimum atomic E-state index is -0.373. The summed E-state index contributed by atoms with van der Waals surface area (Å²) in [6, 6.07) is 3.90. The van der Waals surface area contributed by atoms with Gasteiger partial charge < -0.3 is 21.7 Å². The third kappa shape index (κ3) is 4.11. The minimum absolute atomic E-state index is 0.00668. The zero-order valence-corrected chi connectivity index (χ0v) is 16.7. The first-order valence-electron chi connectivity index (χ1n) is 10.1. The van der Waals surface area contributed by atoms with E-state index in [2.05, 4.69) is 26.3 Å². The van der Waals surface area contributed by atoms with Crippen molar-refractivity contribution in [2.45, 2.75) is 31.3 Å². The number of hydrogen-bond donors (Lipinski definition) is 3. The SMILES string of the molecule is N#CCC1=CC2N=C(C(=O)Nc3cnccc3N3CCC[C@H](N)C3)C(N)=CC2C=C1. The second-order valence-corrected chi connectivity index (χ2v) is 7.80. The number of nitriles is 1. The van der Waals surface area contributed by atoms with E-state index in [1.54, 1.807) is 12.4 Å². The van der Waals surface area contributed by atoms with Crippen LogP contribution in [-0.2, 0) is 4.79 Å². The zero-order valence-electron chi connectivity index (χ0n) is 16.7. The van der Waals surface area contributed by atoms with Gasteiger partial charge in [-0.05, 0) is 30.6 Å². The summed E-state index contributed by atoms with van der Waals surface area (Å²) >= 11 is 0. The van der Waals surface area contributed by atoms with Crippen molar-refractivity contribution >= 4 is 23.0 Å². The van der Waals surface area contributed by atoms with Gasteiger partial charge in [-0.25, -0.2) is 0 Å². The predicted octanol–water partition coefficient (Wildman–Crippen LogP) is 1.64. The van der Waals surface area contributed by atoms with E-state index in [1.807, 2.05) is 30.4 Å². The fourth-order valence-corrected chi connectivity index (χ4v) is 4.09. The van der Waals surface area contributed by atoms with E-state index in [4.69, 9.17) is 16.7 Å². The monoisotopic (exact) mass is 403 g/mol. The van der Waals surface area contributed by atoms with Gasteiger partial charge in [-0.3, -0.25) is 14.8 Å². The highest BCUT2D eigenvalue weighted by atomic mass is 16.1. The molecule has 154 valence electrons. The molecule has 2 unspecified atom stereocenters. The molecule has 3 atom stereocenters. The fourth-order valence-electron chi connectivity index (χ4n) is 4.09. The van der Waals surface area contributed by atoms with Crippen molar-refractivity contribution in [3.8, 4) is 6.07 Å². The van der Waals surface area contributed by atoms with Gasteiger partial charge in [-0.15, -0.1) is 0 Å². The van der Waals surface area contributed by atoms with Gasteiger partial charge in [0.05, 0.1) is 41.8 Å². The summed E-state index contributed by atoms with van der Waals surface area (Å²) in [4.78, 5) is 24.0. The van der Waals surface area contributed by atoms with Gasteiger partial charge in [-0.2, -0.15) is 5.26 Å². The standard InChI is InChI=1S/C22H25N7O/c23-7-5-14-3-4-15-11-17(25)21(27-18(15)10-14)22(30)28-19-12-26-8-6-20(19)29-9-1-2-16(24)13-29/h3-4,6,8,10-12,15-16,18H,1-2,5,9,13,24-25H2,(H,28,30)/t15?,16-,18?/m0/s1. The number of carbonyl (C=O) groups excluding carboxylic acids is 1. The van der Waals surface area contributed by atoms with Gasteiger partial charge in [0.1, 0.15) is 5.71 Å². The number of nitrogens with one attached hydrogen (secondary N) is 1. The van der Waals surface area contributed by atoms with Crippen molar-refractivity contribution in [3.63, 3.8) is 0 Å². The van der Waals surface area contributed by atoms with Crippen molar-refractivity contribution in [2.75, 3.05) is 23.3 Å². The lowest BCUT2D eigenvalue weighted by atomic mass is 9.87. The molecule has 4 rings (SSSR count). The highest BCUT2D eigenvalue weighted by Gasteiger charge is 2.28. The zero-order chi connectivity index (χ0) is 21.1. The van der Waals surface area contributed by atoms with Gasteiger partial charge in [0.15, 0.2) is 0 Å². The van der Waals surface area contributed by atoms with Crippen molar-refractivity contribution < 1.29 is 4.79 Å². The van der Waals surface area contributed by atoms with Crippen LogP contribution in [0.4, 0.5) is 11.4 Å². The largest absolute Gasteiger partial charge is 0.397 e. The molecule has 8 nitrogen and oxygen atoms in total. The summed E-state index contributed by atoms with van der Waals surface area (Å²) in [6.45, 7) is 1.62. The van der Waals surface area contributed by atoms with E-state index in [-0.39, 0.29) is 29.6 Å². The van der Waals surface area contributed by atoms with E-state index in [0.29, 0.717) is 17.8 Å². The number of amides is 1. The lowest BCUT2D eigenvalue weighted by molar-refractivity contribution is -0.110. The molecule has 3 aliphatic rings. The highest BCUT2D eigenvalue weighted by Crippen LogP contribution is 2.29. The van der Waals surface area contributed by atoms with E-state index in [1.165, 1.54) is 0 Å². The Hall–Kier alpha value is -3.44. The Bertz CT molecular complexity index is 1000. The van der Waals surface area contributed by atoms with Crippen LogP contribution in [0.15, 0.2) is 59.0 Å². The second-order valence-electron chi connectivity index (χ2n) is 7.80. The molecule has 8 heteroatoms. The molecule has 1 aromatic heterocycles. The topological polar surface area (TPSA) is 133 Å². The summed E-state index contributed by atoms with van der Waals surface area (Å²) in [5.74, 6) is -0.379. The first-order valence-corrected chi connectivity index (χ1v) is 10.1. The number of rotatable bonds is 4. The first kappa shape index (κ1) is 19.9. The normalized spacial score (nSPS) is 25.4. The number of fused-ring (bicyclic) bond motifs is 1. The van der Waals surface area contributed by atoms with Crippen LogP contribution in [0.3, 0.4) is 0 Å². The summed E-state index contributed by atoms with van der Waals surface area (Å²) in [7, 11) is 0. The molecule has 1 fully saturated rings. The molecule has 0 bridgehead atoms. The van der Waals surface area contributed by atoms with Crippen LogP contribution < -0.4 is 21.7 Å². The van der Waals surface area contributed by atoms with Crippen LogP contribution in [-0.4, -0.2) is 41.8 Å². The molecule has 30 heavy (non-hydrogen) atoms. The Balaban J connectivity index is 1.55. The lowest BCUT2D eigenvalue weighted by Crippen LogP contribution is -2.43. The summed E-state index contributed by atoms with van der Waals surface area (Å²) in [5.41, 5.74) is 15.2. The molecule has 1 aromatic rings. The number of dihydropyridines is 1. The average Bonchev–Trinajstić information content (AvgIpc) is 2.74. The molecular formula is C22H25N7O. The van der Waals surface area contributed by atoms with Crippen molar-refractivity contribution in [2.24, 2.45) is 22.4 Å². The molecule has 5 N–H and O–H groups in total. The summed E-state index contributed by atoms with van der Waals surface area (Å²) in [5, 5.41) is 11.9. The van der Waals surface area contributed by atoms with Gasteiger partial charge in [0.2, 0.25) is 0 Å². The molecule has 3 heterocycles. The average molecular weight is 403 g/mol. The number of aliphatic imine (C=N–C) groups is 1. The molecule has 1 amide bonds. The van der Waals surface area contributed by atoms with Crippen molar-refractivity contribution in [1.82, 2.24) is 4.98 Å². The van der Waals surface area contributed by atoms with Gasteiger partial charge >= 0.3 is 0 Å². The second kappa shape index (κ2) is 8.51. The van der Waals surface area contributed by atoms with E-state index in [0.717, 1.165) is 37.2 Å². The van der Waals surface area contributed by atoms with Gasteiger partial charge in [0, 0.05) is 31.2 Å². The third-order valence-corrected chi connectivity index (χ3v) is 5.58. The van der Waals surface area contributed by atoms with E-state index >= 15 is 0 Å². The van der Waals surface area contributed by atoms with Gasteiger partial charge in [-0.1, -0.05) is 18.2 Å². The first-order chi connectivity index (χ1) is 14.5. The molecule has 0 aromatic carbocycles. The molecule has 1 saturated heterocycles. The molecule has 0 radical (unpaired) electrons. The number of piperidine rings is 1. The molecule has 1 aliphatic carbocycles. The predicted molar refractivity (Wildman–Crippen MR) is 117 cm³/mol. The number of hydrogen-bond acceptors (Lipinski definition) is 7. The fraction of sp³-hybridized carbons (Fsp3) is 0.364. The van der Waals surface area contributed by atoms with Crippen LogP contribution in [0.5, 0.6) is 0 Å². The number of carbonyl (C=O) groups is 1. The Morgan fingerprint density at radius 1 is 1.40 bits per heavy atom. The summed E-state index contributed by atoms with van der Waals surface area (Å²) < 4.78 is 0. The number of anilines is 2. The van der Waals surface area contributed by atoms with E-state index in [9.17, 15) is 4.79 Å². The quantitative estimate of drug-likeness (QED) is 0.700. The number of nitrogens with two attached hydrogens (primary N) is 2. The third-order valence-electron chi connectivity index (χ3n) is 5.58. The van der Waals surface area contributed by atoms with Crippen LogP contribution >= 0.6 is 0 Å². The maximum absolute atomic E-state index is 13.0. The molecule has 0 saturated carbocycles. The Kier molecular flexibility index (Phi) is 5.63. The highest BCUT2D eigenvalue weighted by molar-refractivity contribution is 6.49. The number of allylic oxidation sites excluding steroid dienone is 2. The lowest BCUT2D eigenvalue weighted by Gasteiger charge is -2.33. The summed E-state index contributed by atoms with van der Waals surface area (Å²) in [6.07, 6.45) is 13.3. The van der Waals surface area contributed by atoms with Crippen LogP contribution in [0.2, 0.25) is 0 Å². The smallest absolute Gasteiger partial charge is 0.276 e. The number of aromatic nitrogens is 1. The van der Waals surface area contributed by atoms with Crippen LogP contribution in [0.25, 0.3) is 0 Å². The van der Waals surface area contributed by atoms with Crippen LogP contribution in [0.1, 0.15) is 19.3 Å². The molecule has 0 spiro atoms. The number of nitrogens with zero attached hydrogens (tertiary/aromatic N) is 4. The maximum Gasteiger partial charge on any atom is 0.276 e. The molecule has 2 aliphatic heterocycles.